The van der Waals surface area contributed by atoms with Crippen LogP contribution in [0.2, 0.25) is 0 Å². The molecule has 2 rings (SSSR count). The van der Waals surface area contributed by atoms with Crippen LogP contribution in [0, 0.1) is 17.2 Å². The van der Waals surface area contributed by atoms with Crippen molar-refractivity contribution in [3.05, 3.63) is 0 Å². The van der Waals surface area contributed by atoms with Crippen LogP contribution < -0.4 is 5.32 Å². The van der Waals surface area contributed by atoms with E-state index < -0.39 is 0 Å². The van der Waals surface area contributed by atoms with E-state index in [9.17, 15) is 5.26 Å². The SMILES string of the molecule is CCCNC(C#N)(CN1CCCCCC1)C1CC1. The Morgan fingerprint density at radius 1 is 1.22 bits per heavy atom. The highest BCUT2D eigenvalue weighted by molar-refractivity contribution is 5.16. The first kappa shape index (κ1) is 13.8. The Bertz CT molecular complexity index is 285. The maximum absolute atomic E-state index is 9.68. The van der Waals surface area contributed by atoms with Crippen molar-refractivity contribution in [2.75, 3.05) is 26.2 Å². The van der Waals surface area contributed by atoms with E-state index in [4.69, 9.17) is 0 Å². The molecular weight excluding hydrogens is 222 g/mol. The van der Waals surface area contributed by atoms with Crippen LogP contribution in [0.15, 0.2) is 0 Å². The topological polar surface area (TPSA) is 39.1 Å². The second-order valence-corrected chi connectivity index (χ2v) is 5.97. The summed E-state index contributed by atoms with van der Waals surface area (Å²) in [5.41, 5.74) is -0.264. The van der Waals surface area contributed by atoms with E-state index >= 15 is 0 Å². The van der Waals surface area contributed by atoms with Crippen LogP contribution in [-0.2, 0) is 0 Å². The molecule has 0 aromatic rings. The van der Waals surface area contributed by atoms with Gasteiger partial charge in [0.1, 0.15) is 5.54 Å². The number of nitrogens with one attached hydrogen (secondary N) is 1. The zero-order chi connectivity index (χ0) is 12.8. The molecule has 0 aromatic heterocycles. The molecule has 3 nitrogen and oxygen atoms in total. The Morgan fingerprint density at radius 2 is 1.89 bits per heavy atom. The van der Waals surface area contributed by atoms with Gasteiger partial charge in [-0.15, -0.1) is 0 Å². The zero-order valence-corrected chi connectivity index (χ0v) is 11.7. The summed E-state index contributed by atoms with van der Waals surface area (Å²) in [5, 5.41) is 13.2. The molecule has 1 N–H and O–H groups in total. The molecule has 0 aromatic carbocycles. The molecule has 18 heavy (non-hydrogen) atoms. The molecule has 1 unspecified atom stereocenters. The van der Waals surface area contributed by atoms with Crippen molar-refractivity contribution in [3.63, 3.8) is 0 Å². The molecule has 0 amide bonds. The molecular formula is C15H27N3. The number of hydrogen-bond acceptors (Lipinski definition) is 3. The lowest BCUT2D eigenvalue weighted by molar-refractivity contribution is 0.201. The van der Waals surface area contributed by atoms with Crippen LogP contribution in [0.1, 0.15) is 51.9 Å². The third-order valence-corrected chi connectivity index (χ3v) is 4.34. The summed E-state index contributed by atoms with van der Waals surface area (Å²) in [7, 11) is 0. The van der Waals surface area contributed by atoms with Gasteiger partial charge >= 0.3 is 0 Å². The fourth-order valence-corrected chi connectivity index (χ4v) is 3.07. The minimum atomic E-state index is -0.264. The molecule has 3 heteroatoms. The molecule has 0 spiro atoms. The van der Waals surface area contributed by atoms with Gasteiger partial charge in [0.25, 0.3) is 0 Å². The largest absolute Gasteiger partial charge is 0.300 e. The summed E-state index contributed by atoms with van der Waals surface area (Å²) in [6, 6.07) is 2.63. The summed E-state index contributed by atoms with van der Waals surface area (Å²) in [5.74, 6) is 0.595. The van der Waals surface area contributed by atoms with E-state index in [0.29, 0.717) is 5.92 Å². The molecule has 1 atom stereocenters. The Kier molecular flexibility index (Phi) is 5.03. The maximum atomic E-state index is 9.68. The van der Waals surface area contributed by atoms with Crippen molar-refractivity contribution in [3.8, 4) is 6.07 Å². The molecule has 1 aliphatic heterocycles. The van der Waals surface area contributed by atoms with Crippen molar-refractivity contribution < 1.29 is 0 Å². The van der Waals surface area contributed by atoms with Gasteiger partial charge in [-0.1, -0.05) is 19.8 Å². The van der Waals surface area contributed by atoms with E-state index in [0.717, 1.165) is 19.5 Å². The van der Waals surface area contributed by atoms with Gasteiger partial charge in [0, 0.05) is 6.54 Å². The highest BCUT2D eigenvalue weighted by Crippen LogP contribution is 2.40. The summed E-state index contributed by atoms with van der Waals surface area (Å²) >= 11 is 0. The summed E-state index contributed by atoms with van der Waals surface area (Å²) in [6.45, 7) is 6.45. The third kappa shape index (κ3) is 3.46. The van der Waals surface area contributed by atoms with Gasteiger partial charge in [-0.2, -0.15) is 5.26 Å². The summed E-state index contributed by atoms with van der Waals surface area (Å²) in [6.07, 6.45) is 8.91. The average Bonchev–Trinajstić information content (AvgIpc) is 3.21. The smallest absolute Gasteiger partial charge is 0.122 e. The standard InChI is InChI=1S/C15H27N3/c1-2-9-17-15(12-16,14-7-8-14)13-18-10-5-3-4-6-11-18/h14,17H,2-11,13H2,1H3. The van der Waals surface area contributed by atoms with Crippen molar-refractivity contribution in [2.45, 2.75) is 57.4 Å². The lowest BCUT2D eigenvalue weighted by Gasteiger charge is -2.34. The van der Waals surface area contributed by atoms with Crippen molar-refractivity contribution in [1.82, 2.24) is 10.2 Å². The second kappa shape index (κ2) is 6.54. The van der Waals surface area contributed by atoms with Crippen LogP contribution >= 0.6 is 0 Å². The predicted octanol–water partition coefficient (Wildman–Crippen LogP) is 2.53. The van der Waals surface area contributed by atoms with Crippen LogP contribution in [-0.4, -0.2) is 36.6 Å². The van der Waals surface area contributed by atoms with Crippen LogP contribution in [0.3, 0.4) is 0 Å². The number of rotatable bonds is 6. The molecule has 1 aliphatic carbocycles. The lowest BCUT2D eigenvalue weighted by Crippen LogP contribution is -2.54. The Morgan fingerprint density at radius 3 is 2.39 bits per heavy atom. The molecule has 2 aliphatic rings. The molecule has 1 saturated heterocycles. The van der Waals surface area contributed by atoms with E-state index in [1.54, 1.807) is 0 Å². The van der Waals surface area contributed by atoms with E-state index in [1.165, 1.54) is 51.6 Å². The third-order valence-electron chi connectivity index (χ3n) is 4.34. The predicted molar refractivity (Wildman–Crippen MR) is 74.3 cm³/mol. The first-order valence-electron chi connectivity index (χ1n) is 7.69. The van der Waals surface area contributed by atoms with Gasteiger partial charge in [-0.3, -0.25) is 5.32 Å². The van der Waals surface area contributed by atoms with Crippen molar-refractivity contribution in [1.29, 1.82) is 5.26 Å². The Balaban J connectivity index is 1.97. The monoisotopic (exact) mass is 249 g/mol. The maximum Gasteiger partial charge on any atom is 0.122 e. The summed E-state index contributed by atoms with van der Waals surface area (Å²) in [4.78, 5) is 2.52. The van der Waals surface area contributed by atoms with E-state index in [1.807, 2.05) is 0 Å². The first-order chi connectivity index (χ1) is 8.80. The average molecular weight is 249 g/mol. The van der Waals surface area contributed by atoms with Gasteiger partial charge in [0.15, 0.2) is 0 Å². The van der Waals surface area contributed by atoms with Gasteiger partial charge in [0.2, 0.25) is 0 Å². The molecule has 0 bridgehead atoms. The number of nitrogens with zero attached hydrogens (tertiary/aromatic N) is 2. The minimum absolute atomic E-state index is 0.264. The number of hydrogen-bond donors (Lipinski definition) is 1. The molecule has 102 valence electrons. The first-order valence-corrected chi connectivity index (χ1v) is 7.69. The van der Waals surface area contributed by atoms with Gasteiger partial charge in [0.05, 0.1) is 6.07 Å². The Hall–Kier alpha value is -0.590. The number of likely N-dealkylation sites (tertiary alicyclic amines) is 1. The second-order valence-electron chi connectivity index (χ2n) is 5.97. The van der Waals surface area contributed by atoms with E-state index in [2.05, 4.69) is 23.2 Å². The van der Waals surface area contributed by atoms with E-state index in [-0.39, 0.29) is 5.54 Å². The van der Waals surface area contributed by atoms with Crippen LogP contribution in [0.25, 0.3) is 0 Å². The van der Waals surface area contributed by atoms with Gasteiger partial charge in [-0.05, 0) is 57.7 Å². The molecule has 1 heterocycles. The Labute approximate surface area is 112 Å². The zero-order valence-electron chi connectivity index (χ0n) is 11.7. The lowest BCUT2D eigenvalue weighted by atomic mass is 9.93. The van der Waals surface area contributed by atoms with Crippen LogP contribution in [0.5, 0.6) is 0 Å². The normalized spacial score (nSPS) is 25.1. The van der Waals surface area contributed by atoms with Crippen LogP contribution in [0.4, 0.5) is 0 Å². The highest BCUT2D eigenvalue weighted by atomic mass is 15.2. The van der Waals surface area contributed by atoms with Gasteiger partial charge in [-0.25, -0.2) is 0 Å². The highest BCUT2D eigenvalue weighted by Gasteiger charge is 2.46. The van der Waals surface area contributed by atoms with Crippen molar-refractivity contribution >= 4 is 0 Å². The summed E-state index contributed by atoms with van der Waals surface area (Å²) < 4.78 is 0. The molecule has 0 radical (unpaired) electrons. The fraction of sp³-hybridized carbons (Fsp3) is 0.933. The molecule has 1 saturated carbocycles. The number of nitriles is 1. The minimum Gasteiger partial charge on any atom is -0.300 e. The fourth-order valence-electron chi connectivity index (χ4n) is 3.07. The van der Waals surface area contributed by atoms with Gasteiger partial charge < -0.3 is 4.90 Å². The van der Waals surface area contributed by atoms with Crippen molar-refractivity contribution in [2.24, 2.45) is 5.92 Å². The quantitative estimate of drug-likeness (QED) is 0.786. The molecule has 2 fully saturated rings.